The number of hydrogen-bond donors (Lipinski definition) is 1. The van der Waals surface area contributed by atoms with E-state index in [1.165, 1.54) is 26.4 Å². The summed E-state index contributed by atoms with van der Waals surface area (Å²) < 4.78 is 11.8. The third-order valence-corrected chi connectivity index (χ3v) is 14.0. The largest absolute Gasteiger partial charge is 0.465 e. The number of methoxy groups -OCH3 is 1. The SMILES string of the molecule is COC(=O)c1c(NC2CCCCC2)oc(-c2c3cccccc-3c(C=O)c2[Si](C)(C)C(C)(C)C)c1C. The monoisotopic (exact) mass is 505 g/mol. The molecule has 0 radical (unpaired) electrons. The Kier molecular flexibility index (Phi) is 7.20. The number of fused-ring (bicyclic) bond motifs is 1. The number of aldehydes is 1. The lowest BCUT2D eigenvalue weighted by Crippen LogP contribution is -2.51. The highest BCUT2D eigenvalue weighted by Gasteiger charge is 2.44. The van der Waals surface area contributed by atoms with Crippen LogP contribution in [0.25, 0.3) is 22.5 Å². The minimum atomic E-state index is -2.22. The van der Waals surface area contributed by atoms with Gasteiger partial charge in [-0.1, -0.05) is 83.5 Å². The van der Waals surface area contributed by atoms with Gasteiger partial charge < -0.3 is 14.5 Å². The Hall–Kier alpha value is -2.86. The predicted molar refractivity (Wildman–Crippen MR) is 150 cm³/mol. The van der Waals surface area contributed by atoms with Crippen molar-refractivity contribution < 1.29 is 18.7 Å². The molecule has 3 aliphatic carbocycles. The third kappa shape index (κ3) is 4.40. The van der Waals surface area contributed by atoms with Crippen molar-refractivity contribution in [3.63, 3.8) is 0 Å². The maximum Gasteiger partial charge on any atom is 0.343 e. The second kappa shape index (κ2) is 9.89. The molecule has 0 unspecified atom stereocenters. The molecule has 0 aliphatic heterocycles. The molecule has 1 aromatic heterocycles. The molecule has 192 valence electrons. The first kappa shape index (κ1) is 26.2. The van der Waals surface area contributed by atoms with Gasteiger partial charge in [-0.25, -0.2) is 4.79 Å². The van der Waals surface area contributed by atoms with Crippen molar-refractivity contribution in [1.29, 1.82) is 0 Å². The molecule has 3 aliphatic rings. The van der Waals surface area contributed by atoms with Crippen molar-refractivity contribution in [2.75, 3.05) is 12.4 Å². The normalized spacial score (nSPS) is 15.2. The molecule has 5 nitrogen and oxygen atoms in total. The van der Waals surface area contributed by atoms with Crippen LogP contribution in [-0.4, -0.2) is 33.5 Å². The Morgan fingerprint density at radius 3 is 2.31 bits per heavy atom. The van der Waals surface area contributed by atoms with E-state index in [0.717, 1.165) is 52.1 Å². The first-order valence-electron chi connectivity index (χ1n) is 13.0. The van der Waals surface area contributed by atoms with Crippen molar-refractivity contribution in [2.45, 2.75) is 84.0 Å². The number of carbonyl (C=O) groups excluding carboxylic acids is 2. The Morgan fingerprint density at radius 1 is 1.08 bits per heavy atom. The van der Waals surface area contributed by atoms with Crippen molar-refractivity contribution >= 4 is 31.4 Å². The standard InChI is InChI=1S/C30H39NO4Si/c1-19-24(29(33)34-5)28(31-20-14-10-8-11-15-20)35-26(19)25-22-17-13-9-12-16-21(22)23(18-32)27(25)36(6,7)30(2,3)4/h9,12-13,16-18,20,31H,8,10-11,14-15H2,1-7H3. The van der Waals surface area contributed by atoms with Crippen LogP contribution in [0, 0.1) is 6.92 Å². The van der Waals surface area contributed by atoms with Gasteiger partial charge in [-0.3, -0.25) is 4.79 Å². The molecule has 36 heavy (non-hydrogen) atoms. The van der Waals surface area contributed by atoms with Gasteiger partial charge in [0.2, 0.25) is 5.88 Å². The van der Waals surface area contributed by atoms with E-state index in [0.29, 0.717) is 17.2 Å². The zero-order valence-corrected chi connectivity index (χ0v) is 23.7. The Labute approximate surface area is 216 Å². The van der Waals surface area contributed by atoms with Gasteiger partial charge in [0.1, 0.15) is 11.3 Å². The highest BCUT2D eigenvalue weighted by atomic mass is 28.3. The summed E-state index contributed by atoms with van der Waals surface area (Å²) in [6.45, 7) is 13.3. The maximum atomic E-state index is 13.0. The van der Waals surface area contributed by atoms with E-state index in [4.69, 9.17) is 9.15 Å². The average Bonchev–Trinajstić information content (AvgIpc) is 3.19. The van der Waals surface area contributed by atoms with Crippen LogP contribution in [0.3, 0.4) is 0 Å². The molecule has 1 aromatic rings. The van der Waals surface area contributed by atoms with Gasteiger partial charge in [0.05, 0.1) is 15.2 Å². The van der Waals surface area contributed by atoms with E-state index >= 15 is 0 Å². The van der Waals surface area contributed by atoms with Crippen LogP contribution < -0.4 is 10.5 Å². The van der Waals surface area contributed by atoms with Gasteiger partial charge in [-0.15, -0.1) is 0 Å². The minimum Gasteiger partial charge on any atom is -0.465 e. The molecule has 0 bridgehead atoms. The van der Waals surface area contributed by atoms with Crippen LogP contribution in [0.15, 0.2) is 34.7 Å². The first-order valence-corrected chi connectivity index (χ1v) is 16.0. The number of anilines is 1. The topological polar surface area (TPSA) is 68.5 Å². The minimum absolute atomic E-state index is 0.0130. The number of carbonyl (C=O) groups is 2. The molecule has 1 heterocycles. The lowest BCUT2D eigenvalue weighted by molar-refractivity contribution is 0.0600. The summed E-state index contributed by atoms with van der Waals surface area (Å²) in [5.41, 5.74) is 4.76. The third-order valence-electron chi connectivity index (χ3n) is 8.44. The zero-order valence-electron chi connectivity index (χ0n) is 22.7. The Balaban J connectivity index is 2.04. The lowest BCUT2D eigenvalue weighted by atomic mass is 9.95. The number of rotatable bonds is 6. The van der Waals surface area contributed by atoms with E-state index in [1.54, 1.807) is 0 Å². The van der Waals surface area contributed by atoms with E-state index in [1.807, 2.05) is 31.2 Å². The molecular formula is C30H39NO4Si. The fourth-order valence-corrected chi connectivity index (χ4v) is 7.91. The van der Waals surface area contributed by atoms with Crippen LogP contribution >= 0.6 is 0 Å². The molecule has 1 N–H and O–H groups in total. The number of nitrogens with one attached hydrogen (secondary N) is 1. The van der Waals surface area contributed by atoms with Crippen LogP contribution in [0.2, 0.25) is 18.1 Å². The second-order valence-electron chi connectivity index (χ2n) is 11.6. The molecule has 4 rings (SSSR count). The molecule has 0 spiro atoms. The molecular weight excluding hydrogens is 466 g/mol. The highest BCUT2D eigenvalue weighted by molar-refractivity contribution is 6.94. The van der Waals surface area contributed by atoms with E-state index in [-0.39, 0.29) is 11.1 Å². The highest BCUT2D eigenvalue weighted by Crippen LogP contribution is 2.47. The number of esters is 1. The molecule has 1 fully saturated rings. The van der Waals surface area contributed by atoms with Crippen LogP contribution in [-0.2, 0) is 4.74 Å². The summed E-state index contributed by atoms with van der Waals surface area (Å²) >= 11 is 0. The van der Waals surface area contributed by atoms with Gasteiger partial charge in [0, 0.05) is 22.7 Å². The Bertz CT molecular complexity index is 1240. The van der Waals surface area contributed by atoms with Crippen LogP contribution in [0.5, 0.6) is 0 Å². The quantitative estimate of drug-likeness (QED) is 0.214. The summed E-state index contributed by atoms with van der Waals surface area (Å²) in [4.78, 5) is 25.6. The molecule has 0 amide bonds. The molecule has 0 aromatic carbocycles. The van der Waals surface area contributed by atoms with E-state index in [2.05, 4.69) is 45.2 Å². The summed E-state index contributed by atoms with van der Waals surface area (Å²) in [6, 6.07) is 10.3. The van der Waals surface area contributed by atoms with Crippen molar-refractivity contribution in [3.05, 3.63) is 47.0 Å². The number of hydrogen-bond acceptors (Lipinski definition) is 5. The Morgan fingerprint density at radius 2 is 1.72 bits per heavy atom. The van der Waals surface area contributed by atoms with Gasteiger partial charge in [0.25, 0.3) is 0 Å². The van der Waals surface area contributed by atoms with Gasteiger partial charge >= 0.3 is 5.97 Å². The van der Waals surface area contributed by atoms with Gasteiger partial charge in [-0.05, 0) is 41.1 Å². The average molecular weight is 506 g/mol. The van der Waals surface area contributed by atoms with Gasteiger partial charge in [-0.2, -0.15) is 0 Å². The van der Waals surface area contributed by atoms with Crippen LogP contribution in [0.1, 0.15) is 79.2 Å². The fraction of sp³-hybridized carbons (Fsp3) is 0.467. The zero-order chi connectivity index (χ0) is 26.3. The number of furan rings is 1. The number of ether oxygens (including phenoxy) is 1. The van der Waals surface area contributed by atoms with E-state index in [9.17, 15) is 9.59 Å². The predicted octanol–water partition coefficient (Wildman–Crippen LogP) is 7.42. The summed E-state index contributed by atoms with van der Waals surface area (Å²) in [5, 5.41) is 4.61. The van der Waals surface area contributed by atoms with Gasteiger partial charge in [0.15, 0.2) is 6.29 Å². The maximum absolute atomic E-state index is 13.0. The molecule has 1 saturated carbocycles. The van der Waals surface area contributed by atoms with E-state index < -0.39 is 14.0 Å². The summed E-state index contributed by atoms with van der Waals surface area (Å²) in [6.07, 6.45) is 6.68. The second-order valence-corrected chi connectivity index (χ2v) is 16.9. The van der Waals surface area contributed by atoms with Crippen LogP contribution in [0.4, 0.5) is 5.88 Å². The lowest BCUT2D eigenvalue weighted by Gasteiger charge is -2.38. The summed E-state index contributed by atoms with van der Waals surface area (Å²) in [7, 11) is -0.815. The summed E-state index contributed by atoms with van der Waals surface area (Å²) in [5.74, 6) is 0.717. The smallest absolute Gasteiger partial charge is 0.343 e. The fourth-order valence-electron chi connectivity index (χ4n) is 5.42. The first-order chi connectivity index (χ1) is 17.0. The molecule has 6 heteroatoms. The molecule has 0 atom stereocenters. The van der Waals surface area contributed by atoms with Crippen molar-refractivity contribution in [1.82, 2.24) is 0 Å². The van der Waals surface area contributed by atoms with Crippen molar-refractivity contribution in [3.8, 4) is 22.5 Å². The van der Waals surface area contributed by atoms with Crippen molar-refractivity contribution in [2.24, 2.45) is 0 Å². The molecule has 0 saturated heterocycles.